The maximum atomic E-state index is 12.2. The minimum Gasteiger partial charge on any atom is -0.348 e. The second kappa shape index (κ2) is 7.38. The molecule has 0 saturated carbocycles. The van der Waals surface area contributed by atoms with E-state index >= 15 is 0 Å². The highest BCUT2D eigenvalue weighted by Gasteiger charge is 2.14. The summed E-state index contributed by atoms with van der Waals surface area (Å²) >= 11 is 0. The number of aromatic nitrogens is 1. The number of rotatable bonds is 5. The van der Waals surface area contributed by atoms with Crippen LogP contribution >= 0.6 is 0 Å². The molecule has 2 aromatic rings. The zero-order valence-electron chi connectivity index (χ0n) is 13.6. The van der Waals surface area contributed by atoms with Crippen LogP contribution in [-0.4, -0.2) is 28.9 Å². The molecule has 120 valence electrons. The van der Waals surface area contributed by atoms with E-state index in [0.717, 1.165) is 12.2 Å². The molecule has 0 aliphatic carbocycles. The van der Waals surface area contributed by atoms with Gasteiger partial charge in [-0.15, -0.1) is 0 Å². The van der Waals surface area contributed by atoms with E-state index in [-0.39, 0.29) is 5.91 Å². The molecule has 1 N–H and O–H groups in total. The van der Waals surface area contributed by atoms with Gasteiger partial charge in [-0.05, 0) is 56.1 Å². The van der Waals surface area contributed by atoms with E-state index in [4.69, 9.17) is 0 Å². The van der Waals surface area contributed by atoms with Crippen LogP contribution < -0.4 is 5.32 Å². The standard InChI is InChI=1S/C19H23N3O/c1-15-8-9-17(13-20-15)19(23)21-12-16-6-2-3-7-18(16)14-22-10-4-5-11-22/h2-3,6-9,13H,4-5,10-12,14H2,1H3,(H,21,23). The van der Waals surface area contributed by atoms with E-state index in [1.165, 1.54) is 37.1 Å². The lowest BCUT2D eigenvalue weighted by Crippen LogP contribution is -2.25. The summed E-state index contributed by atoms with van der Waals surface area (Å²) in [5.74, 6) is -0.0755. The van der Waals surface area contributed by atoms with Gasteiger partial charge < -0.3 is 5.32 Å². The van der Waals surface area contributed by atoms with Crippen LogP contribution in [-0.2, 0) is 13.1 Å². The monoisotopic (exact) mass is 309 g/mol. The van der Waals surface area contributed by atoms with Gasteiger partial charge in [0.15, 0.2) is 0 Å². The fourth-order valence-electron chi connectivity index (χ4n) is 2.95. The van der Waals surface area contributed by atoms with Crippen molar-refractivity contribution in [3.63, 3.8) is 0 Å². The third-order valence-corrected chi connectivity index (χ3v) is 4.32. The van der Waals surface area contributed by atoms with Gasteiger partial charge in [-0.25, -0.2) is 0 Å². The van der Waals surface area contributed by atoms with E-state index < -0.39 is 0 Å². The Morgan fingerprint density at radius 3 is 2.57 bits per heavy atom. The Hall–Kier alpha value is -2.20. The molecule has 1 amide bonds. The molecular formula is C19H23N3O. The summed E-state index contributed by atoms with van der Waals surface area (Å²) in [7, 11) is 0. The molecule has 2 heterocycles. The van der Waals surface area contributed by atoms with Gasteiger partial charge in [0.25, 0.3) is 5.91 Å². The number of amides is 1. The molecule has 0 spiro atoms. The first kappa shape index (κ1) is 15.7. The average molecular weight is 309 g/mol. The summed E-state index contributed by atoms with van der Waals surface area (Å²) in [6.45, 7) is 5.79. The van der Waals surface area contributed by atoms with Crippen LogP contribution in [0.4, 0.5) is 0 Å². The molecule has 1 aliphatic rings. The van der Waals surface area contributed by atoms with Crippen LogP contribution in [0, 0.1) is 6.92 Å². The molecule has 1 aromatic heterocycles. The van der Waals surface area contributed by atoms with Crippen LogP contribution in [0.15, 0.2) is 42.6 Å². The van der Waals surface area contributed by atoms with E-state index in [0.29, 0.717) is 12.1 Å². The molecule has 1 saturated heterocycles. The summed E-state index contributed by atoms with van der Waals surface area (Å²) in [4.78, 5) is 18.9. The summed E-state index contributed by atoms with van der Waals surface area (Å²) in [5.41, 5.74) is 4.01. The number of hydrogen-bond donors (Lipinski definition) is 1. The fourth-order valence-corrected chi connectivity index (χ4v) is 2.95. The Morgan fingerprint density at radius 1 is 1.13 bits per heavy atom. The first-order valence-electron chi connectivity index (χ1n) is 8.22. The number of benzene rings is 1. The second-order valence-corrected chi connectivity index (χ2v) is 6.12. The van der Waals surface area contributed by atoms with Crippen molar-refractivity contribution < 1.29 is 4.79 Å². The number of nitrogens with zero attached hydrogens (tertiary/aromatic N) is 2. The predicted molar refractivity (Wildman–Crippen MR) is 91.1 cm³/mol. The number of carbonyl (C=O) groups is 1. The molecule has 0 atom stereocenters. The van der Waals surface area contributed by atoms with Crippen LogP contribution in [0.5, 0.6) is 0 Å². The highest BCUT2D eigenvalue weighted by atomic mass is 16.1. The summed E-state index contributed by atoms with van der Waals surface area (Å²) < 4.78 is 0. The molecular weight excluding hydrogens is 286 g/mol. The van der Waals surface area contributed by atoms with Gasteiger partial charge in [-0.1, -0.05) is 24.3 Å². The molecule has 3 rings (SSSR count). The van der Waals surface area contributed by atoms with Crippen molar-refractivity contribution in [2.24, 2.45) is 0 Å². The highest BCUT2D eigenvalue weighted by molar-refractivity contribution is 5.93. The lowest BCUT2D eigenvalue weighted by molar-refractivity contribution is 0.0950. The topological polar surface area (TPSA) is 45.2 Å². The lowest BCUT2D eigenvalue weighted by atomic mass is 10.1. The number of pyridine rings is 1. The maximum Gasteiger partial charge on any atom is 0.253 e. The number of hydrogen-bond acceptors (Lipinski definition) is 3. The van der Waals surface area contributed by atoms with Crippen LogP contribution in [0.1, 0.15) is 40.0 Å². The van der Waals surface area contributed by atoms with Crippen molar-refractivity contribution >= 4 is 5.91 Å². The molecule has 4 nitrogen and oxygen atoms in total. The average Bonchev–Trinajstić information content (AvgIpc) is 3.07. The first-order valence-corrected chi connectivity index (χ1v) is 8.22. The molecule has 0 radical (unpaired) electrons. The molecule has 0 unspecified atom stereocenters. The fraction of sp³-hybridized carbons (Fsp3) is 0.368. The van der Waals surface area contributed by atoms with Crippen molar-refractivity contribution in [1.82, 2.24) is 15.2 Å². The number of aryl methyl sites for hydroxylation is 1. The third kappa shape index (κ3) is 4.17. The van der Waals surface area contributed by atoms with Crippen molar-refractivity contribution in [3.05, 3.63) is 65.0 Å². The molecule has 23 heavy (non-hydrogen) atoms. The molecule has 1 fully saturated rings. The van der Waals surface area contributed by atoms with Crippen molar-refractivity contribution in [3.8, 4) is 0 Å². The summed E-state index contributed by atoms with van der Waals surface area (Å²) in [6, 6.07) is 12.0. The molecule has 4 heteroatoms. The van der Waals surface area contributed by atoms with Gasteiger partial charge in [-0.2, -0.15) is 0 Å². The normalized spacial score (nSPS) is 14.8. The molecule has 1 aliphatic heterocycles. The minimum atomic E-state index is -0.0755. The Morgan fingerprint density at radius 2 is 1.87 bits per heavy atom. The number of nitrogens with one attached hydrogen (secondary N) is 1. The van der Waals surface area contributed by atoms with Crippen LogP contribution in [0.3, 0.4) is 0 Å². The maximum absolute atomic E-state index is 12.2. The van der Waals surface area contributed by atoms with Gasteiger partial charge in [0.05, 0.1) is 5.56 Å². The quantitative estimate of drug-likeness (QED) is 0.923. The van der Waals surface area contributed by atoms with Gasteiger partial charge in [0.2, 0.25) is 0 Å². The van der Waals surface area contributed by atoms with E-state index in [2.05, 4.69) is 33.4 Å². The minimum absolute atomic E-state index is 0.0755. The van der Waals surface area contributed by atoms with E-state index in [1.54, 1.807) is 6.20 Å². The lowest BCUT2D eigenvalue weighted by Gasteiger charge is -2.17. The predicted octanol–water partition coefficient (Wildman–Crippen LogP) is 2.92. The highest BCUT2D eigenvalue weighted by Crippen LogP contribution is 2.16. The summed E-state index contributed by atoms with van der Waals surface area (Å²) in [6.07, 6.45) is 4.21. The first-order chi connectivity index (χ1) is 11.2. The molecule has 0 bridgehead atoms. The smallest absolute Gasteiger partial charge is 0.253 e. The largest absolute Gasteiger partial charge is 0.348 e. The molecule has 1 aromatic carbocycles. The zero-order valence-corrected chi connectivity index (χ0v) is 13.6. The second-order valence-electron chi connectivity index (χ2n) is 6.12. The van der Waals surface area contributed by atoms with E-state index in [1.807, 2.05) is 25.1 Å². The van der Waals surface area contributed by atoms with Gasteiger partial charge in [0.1, 0.15) is 0 Å². The SMILES string of the molecule is Cc1ccc(C(=O)NCc2ccccc2CN2CCCC2)cn1. The van der Waals surface area contributed by atoms with Gasteiger partial charge >= 0.3 is 0 Å². The van der Waals surface area contributed by atoms with Gasteiger partial charge in [0, 0.05) is 25.0 Å². The van der Waals surface area contributed by atoms with Crippen molar-refractivity contribution in [1.29, 1.82) is 0 Å². The number of carbonyl (C=O) groups excluding carboxylic acids is 1. The Kier molecular flexibility index (Phi) is 5.03. The van der Waals surface area contributed by atoms with Crippen LogP contribution in [0.25, 0.3) is 0 Å². The van der Waals surface area contributed by atoms with Crippen molar-refractivity contribution in [2.45, 2.75) is 32.9 Å². The Bertz CT molecular complexity index is 661. The third-order valence-electron chi connectivity index (χ3n) is 4.32. The van der Waals surface area contributed by atoms with E-state index in [9.17, 15) is 4.79 Å². The Balaban J connectivity index is 1.63. The van der Waals surface area contributed by atoms with Crippen molar-refractivity contribution in [2.75, 3.05) is 13.1 Å². The van der Waals surface area contributed by atoms with Gasteiger partial charge in [-0.3, -0.25) is 14.7 Å². The van der Waals surface area contributed by atoms with Crippen LogP contribution in [0.2, 0.25) is 0 Å². The Labute approximate surface area is 137 Å². The number of likely N-dealkylation sites (tertiary alicyclic amines) is 1. The summed E-state index contributed by atoms with van der Waals surface area (Å²) in [5, 5.41) is 3.00. The zero-order chi connectivity index (χ0) is 16.1.